The molecule has 0 unspecified atom stereocenters. The maximum atomic E-state index is 13.6. The number of ether oxygens (including phenoxy) is 1. The van der Waals surface area contributed by atoms with Crippen molar-refractivity contribution in [2.24, 2.45) is 0 Å². The minimum absolute atomic E-state index is 0.0449. The highest BCUT2D eigenvalue weighted by Gasteiger charge is 2.40. The molecule has 8 heteroatoms. The lowest BCUT2D eigenvalue weighted by molar-refractivity contribution is -0.139. The van der Waals surface area contributed by atoms with Crippen LogP contribution in [0.2, 0.25) is 0 Å². The molecule has 0 aliphatic rings. The van der Waals surface area contributed by atoms with Crippen molar-refractivity contribution in [1.29, 1.82) is 0 Å². The molecule has 2 aromatic carbocycles. The maximum Gasteiger partial charge on any atom is 0.420 e. The summed E-state index contributed by atoms with van der Waals surface area (Å²) in [5, 5.41) is 9.14. The number of rotatable bonds is 6. The first kappa shape index (κ1) is 21.7. The normalized spacial score (nSPS) is 11.8. The van der Waals surface area contributed by atoms with Gasteiger partial charge < -0.3 is 9.84 Å². The molecule has 0 fully saturated rings. The number of benzene rings is 2. The Hall–Kier alpha value is -2.61. The predicted octanol–water partition coefficient (Wildman–Crippen LogP) is 5.85. The zero-order valence-corrected chi connectivity index (χ0v) is 16.5. The van der Waals surface area contributed by atoms with Crippen molar-refractivity contribution in [2.75, 3.05) is 0 Å². The molecular weight excluding hydrogens is 441 g/mol. The van der Waals surface area contributed by atoms with Gasteiger partial charge in [-0.25, -0.2) is 4.79 Å². The summed E-state index contributed by atoms with van der Waals surface area (Å²) in [4.78, 5) is 23.5. The van der Waals surface area contributed by atoms with Gasteiger partial charge in [0.25, 0.3) is 0 Å². The quantitative estimate of drug-likeness (QED) is 0.437. The molecule has 0 radical (unpaired) electrons. The zero-order chi connectivity index (χ0) is 21.1. The Morgan fingerprint density at radius 2 is 1.71 bits per heavy atom. The standard InChI is InChI=1S/C20H16BrF3O4/c1-11(2)28-18-13(5-9-15(19(26)27)17(18)20(22,23)24)6-10-16(25)12-3-7-14(21)8-4-12/h3-11H,1-2H3,(H,26,27)/b10-6+. The molecule has 0 aromatic heterocycles. The largest absolute Gasteiger partial charge is 0.490 e. The van der Waals surface area contributed by atoms with Crippen LogP contribution in [0.5, 0.6) is 5.75 Å². The van der Waals surface area contributed by atoms with Crippen LogP contribution < -0.4 is 4.74 Å². The molecule has 0 spiro atoms. The molecule has 0 aliphatic carbocycles. The van der Waals surface area contributed by atoms with Gasteiger partial charge in [-0.15, -0.1) is 0 Å². The topological polar surface area (TPSA) is 63.6 Å². The van der Waals surface area contributed by atoms with Crippen molar-refractivity contribution in [2.45, 2.75) is 26.1 Å². The summed E-state index contributed by atoms with van der Waals surface area (Å²) in [6.07, 6.45) is -3.29. The number of allylic oxidation sites excluding steroid dienone is 1. The van der Waals surface area contributed by atoms with E-state index in [4.69, 9.17) is 9.84 Å². The predicted molar refractivity (Wildman–Crippen MR) is 102 cm³/mol. The fourth-order valence-electron chi connectivity index (χ4n) is 2.43. The number of alkyl halides is 3. The van der Waals surface area contributed by atoms with Gasteiger partial charge in [0.1, 0.15) is 11.3 Å². The smallest absolute Gasteiger partial charge is 0.420 e. The van der Waals surface area contributed by atoms with Gasteiger partial charge in [0.05, 0.1) is 11.7 Å². The molecule has 2 aromatic rings. The number of carboxylic acids is 1. The Labute approximate surface area is 167 Å². The average molecular weight is 457 g/mol. The van der Waals surface area contributed by atoms with E-state index in [-0.39, 0.29) is 5.56 Å². The van der Waals surface area contributed by atoms with E-state index in [1.807, 2.05) is 0 Å². The molecule has 0 heterocycles. The van der Waals surface area contributed by atoms with E-state index < -0.39 is 40.9 Å². The third-order valence-electron chi connectivity index (χ3n) is 3.60. The van der Waals surface area contributed by atoms with E-state index in [1.54, 1.807) is 24.3 Å². The lowest BCUT2D eigenvalue weighted by atomic mass is 10.00. The molecule has 28 heavy (non-hydrogen) atoms. The second kappa shape index (κ2) is 8.60. The monoisotopic (exact) mass is 456 g/mol. The van der Waals surface area contributed by atoms with E-state index in [0.29, 0.717) is 5.56 Å². The summed E-state index contributed by atoms with van der Waals surface area (Å²) in [6.45, 7) is 3.04. The van der Waals surface area contributed by atoms with Crippen LogP contribution in [0, 0.1) is 0 Å². The van der Waals surface area contributed by atoms with Gasteiger partial charge in [-0.2, -0.15) is 13.2 Å². The van der Waals surface area contributed by atoms with Crippen LogP contribution in [0.1, 0.15) is 45.7 Å². The summed E-state index contributed by atoms with van der Waals surface area (Å²) in [5.74, 6) is -2.76. The molecule has 2 rings (SSSR count). The lowest BCUT2D eigenvalue weighted by Crippen LogP contribution is -2.18. The third kappa shape index (κ3) is 5.22. The van der Waals surface area contributed by atoms with Gasteiger partial charge >= 0.3 is 12.1 Å². The number of carbonyl (C=O) groups excluding carboxylic acids is 1. The Bertz CT molecular complexity index is 916. The van der Waals surface area contributed by atoms with Gasteiger partial charge in [-0.3, -0.25) is 4.79 Å². The van der Waals surface area contributed by atoms with Crippen molar-refractivity contribution in [1.82, 2.24) is 0 Å². The Morgan fingerprint density at radius 3 is 2.21 bits per heavy atom. The fourth-order valence-corrected chi connectivity index (χ4v) is 2.69. The minimum atomic E-state index is -4.95. The van der Waals surface area contributed by atoms with Gasteiger partial charge in [0.2, 0.25) is 0 Å². The van der Waals surface area contributed by atoms with Gasteiger partial charge in [0, 0.05) is 15.6 Å². The fraction of sp³-hybridized carbons (Fsp3) is 0.200. The summed E-state index contributed by atoms with van der Waals surface area (Å²) >= 11 is 3.25. The van der Waals surface area contributed by atoms with Gasteiger partial charge in [0.15, 0.2) is 5.78 Å². The van der Waals surface area contributed by atoms with Crippen LogP contribution >= 0.6 is 15.9 Å². The SMILES string of the molecule is CC(C)Oc1c(/C=C/C(=O)c2ccc(Br)cc2)ccc(C(=O)O)c1C(F)(F)F. The summed E-state index contributed by atoms with van der Waals surface area (Å²) < 4.78 is 46.8. The second-order valence-electron chi connectivity index (χ2n) is 6.08. The Kier molecular flexibility index (Phi) is 6.66. The van der Waals surface area contributed by atoms with Crippen LogP contribution in [0.4, 0.5) is 13.2 Å². The molecule has 148 valence electrons. The van der Waals surface area contributed by atoms with Crippen LogP contribution in [0.15, 0.2) is 46.9 Å². The average Bonchev–Trinajstić information content (AvgIpc) is 2.59. The molecule has 0 saturated heterocycles. The van der Waals surface area contributed by atoms with Crippen molar-refractivity contribution < 1.29 is 32.6 Å². The molecule has 0 aliphatic heterocycles. The van der Waals surface area contributed by atoms with E-state index in [9.17, 15) is 22.8 Å². The first-order valence-corrected chi connectivity index (χ1v) is 8.92. The Balaban J connectivity index is 2.55. The van der Waals surface area contributed by atoms with E-state index >= 15 is 0 Å². The highest BCUT2D eigenvalue weighted by molar-refractivity contribution is 9.10. The number of carboxylic acid groups (broad SMARTS) is 1. The van der Waals surface area contributed by atoms with E-state index in [0.717, 1.165) is 16.6 Å². The number of hydrogen-bond donors (Lipinski definition) is 1. The van der Waals surface area contributed by atoms with Crippen molar-refractivity contribution in [3.05, 3.63) is 69.2 Å². The molecule has 0 saturated carbocycles. The highest BCUT2D eigenvalue weighted by atomic mass is 79.9. The number of ketones is 1. The Morgan fingerprint density at radius 1 is 1.11 bits per heavy atom. The summed E-state index contributed by atoms with van der Waals surface area (Å²) in [7, 11) is 0. The van der Waals surface area contributed by atoms with Crippen LogP contribution in [0.3, 0.4) is 0 Å². The maximum absolute atomic E-state index is 13.6. The second-order valence-corrected chi connectivity index (χ2v) is 7.00. The number of carbonyl (C=O) groups is 2. The highest BCUT2D eigenvalue weighted by Crippen LogP contribution is 2.41. The van der Waals surface area contributed by atoms with Gasteiger partial charge in [-0.05, 0) is 56.3 Å². The number of aromatic carboxylic acids is 1. The molecule has 4 nitrogen and oxygen atoms in total. The molecule has 0 amide bonds. The first-order chi connectivity index (χ1) is 13.0. The number of hydrogen-bond acceptors (Lipinski definition) is 3. The van der Waals surface area contributed by atoms with Crippen LogP contribution in [0.25, 0.3) is 6.08 Å². The molecule has 0 bridgehead atoms. The van der Waals surface area contributed by atoms with E-state index in [2.05, 4.69) is 15.9 Å². The summed E-state index contributed by atoms with van der Waals surface area (Å²) in [6, 6.07) is 8.49. The molecular formula is C20H16BrF3O4. The van der Waals surface area contributed by atoms with Crippen molar-refractivity contribution in [3.8, 4) is 5.75 Å². The third-order valence-corrected chi connectivity index (χ3v) is 4.13. The van der Waals surface area contributed by atoms with Gasteiger partial charge in [-0.1, -0.05) is 22.0 Å². The van der Waals surface area contributed by atoms with Crippen molar-refractivity contribution >= 4 is 33.8 Å². The van der Waals surface area contributed by atoms with Crippen molar-refractivity contribution in [3.63, 3.8) is 0 Å². The number of halogens is 4. The zero-order valence-electron chi connectivity index (χ0n) is 14.9. The molecule has 1 N–H and O–H groups in total. The molecule has 0 atom stereocenters. The van der Waals surface area contributed by atoms with Crippen LogP contribution in [-0.4, -0.2) is 23.0 Å². The summed E-state index contributed by atoms with van der Waals surface area (Å²) in [5.41, 5.74) is -1.99. The van der Waals surface area contributed by atoms with E-state index in [1.165, 1.54) is 26.0 Å². The first-order valence-electron chi connectivity index (χ1n) is 8.13. The van der Waals surface area contributed by atoms with Crippen LogP contribution in [-0.2, 0) is 6.18 Å². The minimum Gasteiger partial charge on any atom is -0.490 e. The lowest BCUT2D eigenvalue weighted by Gasteiger charge is -2.20.